The van der Waals surface area contributed by atoms with Gasteiger partial charge in [0.15, 0.2) is 17.3 Å². The molecule has 0 atom stereocenters. The van der Waals surface area contributed by atoms with Crippen LogP contribution in [0.4, 0.5) is 4.39 Å². The molecular weight excluding hydrogens is 311 g/mol. The summed E-state index contributed by atoms with van der Waals surface area (Å²) in [5, 5.41) is 10.6. The zero-order valence-corrected chi connectivity index (χ0v) is 13.4. The number of phenolic OH excluding ortho intramolecular Hbond substituents is 1. The number of fused-ring (bicyclic) bond motifs is 1. The van der Waals surface area contributed by atoms with Gasteiger partial charge in [-0.1, -0.05) is 6.92 Å². The second kappa shape index (κ2) is 6.35. The van der Waals surface area contributed by atoms with Gasteiger partial charge < -0.3 is 14.3 Å². The average molecular weight is 328 g/mol. The van der Waals surface area contributed by atoms with E-state index in [0.29, 0.717) is 40.2 Å². The van der Waals surface area contributed by atoms with Gasteiger partial charge in [-0.25, -0.2) is 4.39 Å². The second-order valence-electron chi connectivity index (χ2n) is 5.34. The number of rotatable bonds is 5. The summed E-state index contributed by atoms with van der Waals surface area (Å²) in [6.45, 7) is 3.96. The molecule has 0 aliphatic heterocycles. The van der Waals surface area contributed by atoms with Gasteiger partial charge in [-0.05, 0) is 37.3 Å². The third-order valence-corrected chi connectivity index (χ3v) is 3.78. The van der Waals surface area contributed by atoms with Gasteiger partial charge in [0.05, 0.1) is 12.2 Å². The fourth-order valence-corrected chi connectivity index (χ4v) is 2.64. The smallest absolute Gasteiger partial charge is 0.167 e. The quantitative estimate of drug-likeness (QED) is 0.674. The average Bonchev–Trinajstić information content (AvgIpc) is 2.93. The Balaban J connectivity index is 2.27. The highest BCUT2D eigenvalue weighted by Crippen LogP contribution is 2.40. The number of furan rings is 1. The Morgan fingerprint density at radius 1 is 1.21 bits per heavy atom. The van der Waals surface area contributed by atoms with Crippen molar-refractivity contribution in [2.75, 3.05) is 6.61 Å². The molecule has 3 rings (SSSR count). The van der Waals surface area contributed by atoms with Crippen LogP contribution in [0.2, 0.25) is 0 Å². The molecule has 0 spiro atoms. The van der Waals surface area contributed by atoms with E-state index in [-0.39, 0.29) is 23.8 Å². The maximum atomic E-state index is 13.2. The Labute approximate surface area is 138 Å². The second-order valence-corrected chi connectivity index (χ2v) is 5.34. The predicted octanol–water partition coefficient (Wildman–Crippen LogP) is 4.94. The fraction of sp³-hybridized carbons (Fsp3) is 0.211. The van der Waals surface area contributed by atoms with Crippen LogP contribution in [0.3, 0.4) is 0 Å². The van der Waals surface area contributed by atoms with Gasteiger partial charge in [0.25, 0.3) is 0 Å². The third-order valence-electron chi connectivity index (χ3n) is 3.78. The lowest BCUT2D eigenvalue weighted by atomic mass is 10.0. The molecular formula is C19H17FO4. The number of aromatic hydroxyl groups is 1. The molecule has 0 amide bonds. The van der Waals surface area contributed by atoms with Crippen LogP contribution in [0.25, 0.3) is 22.3 Å². The van der Waals surface area contributed by atoms with Gasteiger partial charge in [-0.15, -0.1) is 0 Å². The normalized spacial score (nSPS) is 11.0. The first kappa shape index (κ1) is 16.1. The molecule has 124 valence electrons. The van der Waals surface area contributed by atoms with E-state index in [0.717, 1.165) is 0 Å². The zero-order valence-electron chi connectivity index (χ0n) is 13.4. The SMILES string of the molecule is CCOc1cc2oc(-c3ccc(F)cc3)c(C(=O)CC)c2cc1O. The zero-order chi connectivity index (χ0) is 17.3. The molecule has 1 N–H and O–H groups in total. The lowest BCUT2D eigenvalue weighted by Crippen LogP contribution is -1.98. The maximum absolute atomic E-state index is 13.2. The minimum absolute atomic E-state index is 0.0547. The van der Waals surface area contributed by atoms with E-state index in [1.54, 1.807) is 25.1 Å². The number of hydrogen-bond donors (Lipinski definition) is 1. The number of halogens is 1. The minimum Gasteiger partial charge on any atom is -0.504 e. The van der Waals surface area contributed by atoms with Crippen molar-refractivity contribution in [1.29, 1.82) is 0 Å². The highest BCUT2D eigenvalue weighted by molar-refractivity contribution is 6.12. The van der Waals surface area contributed by atoms with Gasteiger partial charge in [0, 0.05) is 23.4 Å². The summed E-state index contributed by atoms with van der Waals surface area (Å²) in [6, 6.07) is 8.77. The maximum Gasteiger partial charge on any atom is 0.167 e. The number of benzene rings is 2. The molecule has 2 aromatic carbocycles. The van der Waals surface area contributed by atoms with Crippen molar-refractivity contribution in [3.63, 3.8) is 0 Å². The first-order valence-corrected chi connectivity index (χ1v) is 7.76. The number of ether oxygens (including phenoxy) is 1. The van der Waals surface area contributed by atoms with Gasteiger partial charge in [-0.2, -0.15) is 0 Å². The highest BCUT2D eigenvalue weighted by Gasteiger charge is 2.22. The van der Waals surface area contributed by atoms with E-state index in [2.05, 4.69) is 0 Å². The first-order valence-electron chi connectivity index (χ1n) is 7.76. The van der Waals surface area contributed by atoms with Crippen molar-refractivity contribution >= 4 is 16.8 Å². The molecule has 0 saturated carbocycles. The van der Waals surface area contributed by atoms with Crippen molar-refractivity contribution < 1.29 is 23.4 Å². The molecule has 0 aliphatic carbocycles. The lowest BCUT2D eigenvalue weighted by molar-refractivity contribution is 0.0989. The minimum atomic E-state index is -0.366. The van der Waals surface area contributed by atoms with Crippen LogP contribution in [0.1, 0.15) is 30.6 Å². The number of carbonyl (C=O) groups excluding carboxylic acids is 1. The molecule has 0 saturated heterocycles. The van der Waals surface area contributed by atoms with Crippen LogP contribution in [0.5, 0.6) is 11.5 Å². The van der Waals surface area contributed by atoms with Gasteiger partial charge in [-0.3, -0.25) is 4.79 Å². The number of ketones is 1. The molecule has 1 heterocycles. The Morgan fingerprint density at radius 3 is 2.54 bits per heavy atom. The lowest BCUT2D eigenvalue weighted by Gasteiger charge is -2.05. The van der Waals surface area contributed by atoms with Crippen LogP contribution in [-0.2, 0) is 0 Å². The number of Topliss-reactive ketones (excluding diaryl/α,β-unsaturated/α-hetero) is 1. The van der Waals surface area contributed by atoms with Crippen molar-refractivity contribution in [2.45, 2.75) is 20.3 Å². The van der Waals surface area contributed by atoms with E-state index in [9.17, 15) is 14.3 Å². The molecule has 3 aromatic rings. The molecule has 5 heteroatoms. The van der Waals surface area contributed by atoms with E-state index >= 15 is 0 Å². The highest BCUT2D eigenvalue weighted by atomic mass is 19.1. The molecule has 0 aliphatic rings. The Bertz CT molecular complexity index is 894. The number of hydrogen-bond acceptors (Lipinski definition) is 4. The molecule has 4 nitrogen and oxygen atoms in total. The van der Waals surface area contributed by atoms with Gasteiger partial charge in [0.1, 0.15) is 17.2 Å². The van der Waals surface area contributed by atoms with Crippen LogP contribution in [0, 0.1) is 5.82 Å². The molecule has 0 radical (unpaired) electrons. The van der Waals surface area contributed by atoms with Crippen LogP contribution in [0.15, 0.2) is 40.8 Å². The Hall–Kier alpha value is -2.82. The summed E-state index contributed by atoms with van der Waals surface area (Å²) in [5.74, 6) is 0.122. The van der Waals surface area contributed by atoms with Crippen molar-refractivity contribution in [3.05, 3.63) is 47.8 Å². The number of phenols is 1. The Kier molecular flexibility index (Phi) is 4.25. The van der Waals surface area contributed by atoms with Crippen molar-refractivity contribution in [1.82, 2.24) is 0 Å². The molecule has 0 fully saturated rings. The van der Waals surface area contributed by atoms with Crippen LogP contribution in [-0.4, -0.2) is 17.5 Å². The largest absolute Gasteiger partial charge is 0.504 e. The van der Waals surface area contributed by atoms with Gasteiger partial charge in [0.2, 0.25) is 0 Å². The molecule has 24 heavy (non-hydrogen) atoms. The fourth-order valence-electron chi connectivity index (χ4n) is 2.64. The molecule has 1 aromatic heterocycles. The Morgan fingerprint density at radius 2 is 1.92 bits per heavy atom. The molecule has 0 bridgehead atoms. The van der Waals surface area contributed by atoms with E-state index in [4.69, 9.17) is 9.15 Å². The van der Waals surface area contributed by atoms with Crippen molar-refractivity contribution in [2.24, 2.45) is 0 Å². The summed E-state index contributed by atoms with van der Waals surface area (Å²) >= 11 is 0. The van der Waals surface area contributed by atoms with E-state index in [1.165, 1.54) is 18.2 Å². The predicted molar refractivity (Wildman–Crippen MR) is 89.1 cm³/mol. The summed E-state index contributed by atoms with van der Waals surface area (Å²) in [6.07, 6.45) is 0.288. The standard InChI is InChI=1S/C19H17FO4/c1-3-14(21)18-13-9-15(22)17(23-4-2)10-16(13)24-19(18)11-5-7-12(20)8-6-11/h5-10,22H,3-4H2,1-2H3. The summed E-state index contributed by atoms with van der Waals surface area (Å²) in [7, 11) is 0. The van der Waals surface area contributed by atoms with E-state index in [1.807, 2.05) is 6.92 Å². The summed E-state index contributed by atoms with van der Waals surface area (Å²) < 4.78 is 24.4. The number of carbonyl (C=O) groups is 1. The monoisotopic (exact) mass is 328 g/mol. The van der Waals surface area contributed by atoms with Crippen molar-refractivity contribution in [3.8, 4) is 22.8 Å². The summed E-state index contributed by atoms with van der Waals surface area (Å²) in [4.78, 5) is 12.4. The topological polar surface area (TPSA) is 59.7 Å². The third kappa shape index (κ3) is 2.73. The van der Waals surface area contributed by atoms with Gasteiger partial charge >= 0.3 is 0 Å². The van der Waals surface area contributed by atoms with Crippen LogP contribution >= 0.6 is 0 Å². The first-order chi connectivity index (χ1) is 11.5. The van der Waals surface area contributed by atoms with E-state index < -0.39 is 0 Å². The summed E-state index contributed by atoms with van der Waals surface area (Å²) in [5.41, 5.74) is 1.42. The molecule has 0 unspecified atom stereocenters. The van der Waals surface area contributed by atoms with Crippen LogP contribution < -0.4 is 4.74 Å².